The summed E-state index contributed by atoms with van der Waals surface area (Å²) in [5.41, 5.74) is 0. The van der Waals surface area contributed by atoms with E-state index in [-0.39, 0.29) is 5.75 Å². The largest absolute Gasteiger partial charge is 0.505 e. The number of aromatic nitrogens is 2. The van der Waals surface area contributed by atoms with Gasteiger partial charge in [0.05, 0.1) is 12.4 Å². The molecule has 0 aromatic carbocycles. The van der Waals surface area contributed by atoms with E-state index < -0.39 is 0 Å². The minimum atomic E-state index is 0.0565. The average molecular weight is 227 g/mol. The van der Waals surface area contributed by atoms with Gasteiger partial charge >= 0.3 is 0 Å². The fraction of sp³-hybridized carbons (Fsp3) is 0.250. The summed E-state index contributed by atoms with van der Waals surface area (Å²) in [5.74, 6) is 6.12. The van der Waals surface area contributed by atoms with E-state index in [0.29, 0.717) is 5.82 Å². The van der Waals surface area contributed by atoms with Crippen molar-refractivity contribution in [3.63, 3.8) is 0 Å². The van der Waals surface area contributed by atoms with Gasteiger partial charge in [0.25, 0.3) is 0 Å². The van der Waals surface area contributed by atoms with Crippen LogP contribution < -0.4 is 0 Å². The molecule has 0 atom stereocenters. The van der Waals surface area contributed by atoms with Crippen molar-refractivity contribution in [2.45, 2.75) is 6.42 Å². The third kappa shape index (κ3) is 2.89. The molecule has 0 spiro atoms. The molecule has 0 saturated carbocycles. The predicted molar refractivity (Wildman–Crippen MR) is 49.0 cm³/mol. The number of hydrogen-bond donors (Lipinski definition) is 1. The van der Waals surface area contributed by atoms with Gasteiger partial charge in [-0.25, -0.2) is 9.97 Å². The minimum absolute atomic E-state index is 0.0565. The fourth-order valence-corrected chi connectivity index (χ4v) is 0.773. The van der Waals surface area contributed by atoms with E-state index in [0.717, 1.165) is 11.8 Å². The summed E-state index contributed by atoms with van der Waals surface area (Å²) in [4.78, 5) is 7.60. The van der Waals surface area contributed by atoms with Gasteiger partial charge in [-0.05, 0) is 5.92 Å². The normalized spacial score (nSPS) is 8.75. The molecule has 0 aliphatic carbocycles. The molecule has 1 N–H and O–H groups in total. The van der Waals surface area contributed by atoms with Crippen LogP contribution in [0.25, 0.3) is 0 Å². The van der Waals surface area contributed by atoms with Crippen LogP contribution in [0, 0.1) is 11.8 Å². The molecule has 0 saturated heterocycles. The first-order valence-corrected chi connectivity index (χ1v) is 4.51. The van der Waals surface area contributed by atoms with Crippen molar-refractivity contribution in [2.75, 3.05) is 5.33 Å². The van der Waals surface area contributed by atoms with E-state index in [1.165, 1.54) is 12.4 Å². The number of rotatable bonds is 1. The highest BCUT2D eigenvalue weighted by atomic mass is 79.9. The predicted octanol–water partition coefficient (Wildman–Crippen LogP) is 1.32. The maximum absolute atomic E-state index is 8.85. The highest BCUT2D eigenvalue weighted by Crippen LogP contribution is 2.00. The Morgan fingerprint density at radius 2 is 2.08 bits per heavy atom. The van der Waals surface area contributed by atoms with E-state index in [1.807, 2.05) is 0 Å². The van der Waals surface area contributed by atoms with E-state index in [4.69, 9.17) is 5.11 Å². The zero-order valence-electron chi connectivity index (χ0n) is 6.29. The minimum Gasteiger partial charge on any atom is -0.505 e. The first-order chi connectivity index (χ1) is 5.83. The Hall–Kier alpha value is -1.08. The summed E-state index contributed by atoms with van der Waals surface area (Å²) in [6.07, 6.45) is 3.42. The fourth-order valence-electron chi connectivity index (χ4n) is 0.575. The quantitative estimate of drug-likeness (QED) is 0.581. The number of hydrogen-bond acceptors (Lipinski definition) is 3. The van der Waals surface area contributed by atoms with Gasteiger partial charge < -0.3 is 5.11 Å². The van der Waals surface area contributed by atoms with E-state index >= 15 is 0 Å². The van der Waals surface area contributed by atoms with Crippen molar-refractivity contribution < 1.29 is 5.11 Å². The topological polar surface area (TPSA) is 46.0 Å². The molecule has 1 aromatic heterocycles. The summed E-state index contributed by atoms with van der Waals surface area (Å²) in [6, 6.07) is 0. The number of alkyl halides is 1. The molecular weight excluding hydrogens is 220 g/mol. The van der Waals surface area contributed by atoms with Crippen LogP contribution in [-0.2, 0) is 0 Å². The molecule has 4 heteroatoms. The van der Waals surface area contributed by atoms with Crippen LogP contribution >= 0.6 is 15.9 Å². The molecule has 0 unspecified atom stereocenters. The van der Waals surface area contributed by atoms with E-state index in [2.05, 4.69) is 37.7 Å². The summed E-state index contributed by atoms with van der Waals surface area (Å²) in [7, 11) is 0. The maximum Gasteiger partial charge on any atom is 0.205 e. The van der Waals surface area contributed by atoms with Crippen molar-refractivity contribution in [2.24, 2.45) is 0 Å². The molecule has 1 rings (SSSR count). The van der Waals surface area contributed by atoms with Crippen molar-refractivity contribution in [1.29, 1.82) is 0 Å². The van der Waals surface area contributed by atoms with E-state index in [9.17, 15) is 0 Å². The molecule has 0 aliphatic rings. The molecule has 0 radical (unpaired) electrons. The lowest BCUT2D eigenvalue weighted by Gasteiger charge is -1.88. The van der Waals surface area contributed by atoms with Crippen LogP contribution in [0.1, 0.15) is 12.2 Å². The molecule has 0 fully saturated rings. The molecule has 3 nitrogen and oxygen atoms in total. The number of aromatic hydroxyl groups is 1. The molecule has 0 amide bonds. The van der Waals surface area contributed by atoms with Crippen LogP contribution in [0.2, 0.25) is 0 Å². The van der Waals surface area contributed by atoms with Gasteiger partial charge in [0.2, 0.25) is 5.82 Å². The Morgan fingerprint density at radius 3 is 2.67 bits per heavy atom. The Balaban J connectivity index is 2.66. The SMILES string of the molecule is Oc1cnc(C#CCCBr)nc1. The molecule has 0 aliphatic heterocycles. The lowest BCUT2D eigenvalue weighted by atomic mass is 10.4. The molecule has 1 heterocycles. The monoisotopic (exact) mass is 226 g/mol. The Labute approximate surface area is 79.0 Å². The zero-order chi connectivity index (χ0) is 8.81. The maximum atomic E-state index is 8.85. The Morgan fingerprint density at radius 1 is 1.42 bits per heavy atom. The van der Waals surface area contributed by atoms with Crippen LogP contribution in [-0.4, -0.2) is 20.4 Å². The first-order valence-electron chi connectivity index (χ1n) is 3.39. The van der Waals surface area contributed by atoms with Crippen LogP contribution in [0.4, 0.5) is 0 Å². The summed E-state index contributed by atoms with van der Waals surface area (Å²) < 4.78 is 0. The smallest absolute Gasteiger partial charge is 0.205 e. The van der Waals surface area contributed by atoms with Crippen LogP contribution in [0.3, 0.4) is 0 Å². The van der Waals surface area contributed by atoms with Gasteiger partial charge in [-0.15, -0.1) is 0 Å². The summed E-state index contributed by atoms with van der Waals surface area (Å²) >= 11 is 3.25. The molecular formula is C8H7BrN2O. The summed E-state index contributed by atoms with van der Waals surface area (Å²) in [5, 5.41) is 9.69. The number of nitrogens with zero attached hydrogens (tertiary/aromatic N) is 2. The lowest BCUT2D eigenvalue weighted by molar-refractivity contribution is 0.469. The Kier molecular flexibility index (Phi) is 3.55. The highest BCUT2D eigenvalue weighted by Gasteiger charge is 1.89. The van der Waals surface area contributed by atoms with Crippen LogP contribution in [0.5, 0.6) is 5.75 Å². The first kappa shape index (κ1) is 9.01. The number of halogens is 1. The van der Waals surface area contributed by atoms with Crippen molar-refractivity contribution in [3.05, 3.63) is 18.2 Å². The second kappa shape index (κ2) is 4.73. The van der Waals surface area contributed by atoms with Crippen molar-refractivity contribution >= 4 is 15.9 Å². The Bertz CT molecular complexity index is 299. The third-order valence-electron chi connectivity index (χ3n) is 1.06. The highest BCUT2D eigenvalue weighted by molar-refractivity contribution is 9.09. The van der Waals surface area contributed by atoms with Gasteiger partial charge in [0, 0.05) is 11.8 Å². The molecule has 1 aromatic rings. The third-order valence-corrected chi connectivity index (χ3v) is 1.45. The van der Waals surface area contributed by atoms with Crippen molar-refractivity contribution in [1.82, 2.24) is 9.97 Å². The van der Waals surface area contributed by atoms with Gasteiger partial charge in [-0.3, -0.25) is 0 Å². The van der Waals surface area contributed by atoms with Gasteiger partial charge in [0.1, 0.15) is 0 Å². The molecule has 12 heavy (non-hydrogen) atoms. The standard InChI is InChI=1S/C8H7BrN2O/c9-4-2-1-3-8-10-5-7(12)6-11-8/h5-6,12H,2,4H2. The van der Waals surface area contributed by atoms with Crippen molar-refractivity contribution in [3.8, 4) is 17.6 Å². The van der Waals surface area contributed by atoms with Gasteiger partial charge in [0.15, 0.2) is 5.75 Å². The zero-order valence-corrected chi connectivity index (χ0v) is 7.87. The van der Waals surface area contributed by atoms with Crippen LogP contribution in [0.15, 0.2) is 12.4 Å². The molecule has 0 bridgehead atoms. The van der Waals surface area contributed by atoms with E-state index in [1.54, 1.807) is 0 Å². The summed E-state index contributed by atoms with van der Waals surface area (Å²) in [6.45, 7) is 0. The van der Waals surface area contributed by atoms with Gasteiger partial charge in [-0.2, -0.15) is 0 Å². The average Bonchev–Trinajstić information content (AvgIpc) is 2.09. The molecule has 62 valence electrons. The second-order valence-corrected chi connectivity index (χ2v) is 2.80. The van der Waals surface area contributed by atoms with Gasteiger partial charge in [-0.1, -0.05) is 21.9 Å². The second-order valence-electron chi connectivity index (χ2n) is 2.01. The lowest BCUT2D eigenvalue weighted by Crippen LogP contribution is -1.85.